The molecule has 0 bridgehead atoms. The maximum absolute atomic E-state index is 11.8. The fourth-order valence-electron chi connectivity index (χ4n) is 4.79. The van der Waals surface area contributed by atoms with Crippen molar-refractivity contribution >= 4 is 56.6 Å². The minimum atomic E-state index is -0.918. The summed E-state index contributed by atoms with van der Waals surface area (Å²) in [4.78, 5) is 57.2. The molecule has 2 aromatic heterocycles. The summed E-state index contributed by atoms with van der Waals surface area (Å²) in [5.41, 5.74) is 23.4. The molecule has 280 valence electrons. The third-order valence-electron chi connectivity index (χ3n) is 7.53. The zero-order chi connectivity index (χ0) is 38.0. The van der Waals surface area contributed by atoms with Crippen LogP contribution in [-0.2, 0) is 38.4 Å². The largest absolute Gasteiger partial charge is 0.508 e. The minimum Gasteiger partial charge on any atom is -0.508 e. The average Bonchev–Trinajstić information content (AvgIpc) is 3.77. The summed E-state index contributed by atoms with van der Waals surface area (Å²) in [6, 6.07) is 3.23. The summed E-state index contributed by atoms with van der Waals surface area (Å²) in [5, 5.41) is 34.1. The van der Waals surface area contributed by atoms with Gasteiger partial charge in [-0.2, -0.15) is 0 Å². The SMILES string of the molecule is C=C/C(Cc1cnc(NCCCNc2ncc(Cc3cc(C[C@H](NC(=O)CN)C(N)=O)ccc3O)s2)s1)=C(O)\C=C/CC[C@H](NC(=O)CN)C(N)=O. The van der Waals surface area contributed by atoms with Crippen LogP contribution in [0.3, 0.4) is 0 Å². The lowest BCUT2D eigenvalue weighted by molar-refractivity contribution is -0.126. The first-order valence-corrected chi connectivity index (χ1v) is 18.0. The minimum absolute atomic E-state index is 0.0324. The number of hydrogen-bond acceptors (Lipinski definition) is 14. The number of nitrogens with one attached hydrogen (secondary N) is 4. The second kappa shape index (κ2) is 21.2. The number of anilines is 2. The van der Waals surface area contributed by atoms with Gasteiger partial charge in [-0.1, -0.05) is 30.9 Å². The number of carbonyl (C=O) groups excluding carboxylic acids is 4. The van der Waals surface area contributed by atoms with E-state index < -0.39 is 35.7 Å². The normalized spacial score (nSPS) is 12.8. The number of amides is 4. The molecule has 0 radical (unpaired) electrons. The highest BCUT2D eigenvalue weighted by Gasteiger charge is 2.19. The molecule has 1 aromatic carbocycles. The van der Waals surface area contributed by atoms with E-state index in [1.165, 1.54) is 28.7 Å². The highest BCUT2D eigenvalue weighted by Crippen LogP contribution is 2.27. The molecule has 0 aliphatic rings. The van der Waals surface area contributed by atoms with Gasteiger partial charge in [-0.25, -0.2) is 9.97 Å². The van der Waals surface area contributed by atoms with Crippen molar-refractivity contribution in [3.05, 3.63) is 87.6 Å². The van der Waals surface area contributed by atoms with Crippen LogP contribution in [0.4, 0.5) is 10.3 Å². The number of benzene rings is 1. The fourth-order valence-corrected chi connectivity index (χ4v) is 6.51. The molecule has 18 heteroatoms. The molecule has 2 atom stereocenters. The number of thiazole rings is 2. The Morgan fingerprint density at radius 1 is 0.904 bits per heavy atom. The molecule has 2 heterocycles. The molecule has 4 amide bonds. The van der Waals surface area contributed by atoms with E-state index in [0.29, 0.717) is 43.5 Å². The summed E-state index contributed by atoms with van der Waals surface area (Å²) in [5.74, 6) is -2.16. The van der Waals surface area contributed by atoms with Crippen LogP contribution in [0.2, 0.25) is 0 Å². The van der Waals surface area contributed by atoms with E-state index in [0.717, 1.165) is 32.0 Å². The van der Waals surface area contributed by atoms with Gasteiger partial charge >= 0.3 is 0 Å². The van der Waals surface area contributed by atoms with E-state index in [2.05, 4.69) is 37.8 Å². The number of nitrogens with two attached hydrogens (primary N) is 4. The molecular formula is C34H46N10O6S2. The van der Waals surface area contributed by atoms with Gasteiger partial charge in [-0.15, -0.1) is 22.7 Å². The summed E-state index contributed by atoms with van der Waals surface area (Å²) < 4.78 is 0. The van der Waals surface area contributed by atoms with Crippen LogP contribution in [0.15, 0.2) is 66.7 Å². The van der Waals surface area contributed by atoms with E-state index in [9.17, 15) is 29.4 Å². The Kier molecular flexibility index (Phi) is 16.7. The van der Waals surface area contributed by atoms with E-state index in [1.54, 1.807) is 42.7 Å². The first kappa shape index (κ1) is 41.1. The maximum atomic E-state index is 11.8. The van der Waals surface area contributed by atoms with Crippen molar-refractivity contribution in [3.8, 4) is 5.75 Å². The highest BCUT2D eigenvalue weighted by atomic mass is 32.1. The van der Waals surface area contributed by atoms with Gasteiger partial charge in [0.1, 0.15) is 23.6 Å². The summed E-state index contributed by atoms with van der Waals surface area (Å²) in [6.07, 6.45) is 10.7. The summed E-state index contributed by atoms with van der Waals surface area (Å²) >= 11 is 2.93. The highest BCUT2D eigenvalue weighted by molar-refractivity contribution is 7.15. The predicted molar refractivity (Wildman–Crippen MR) is 203 cm³/mol. The second-order valence-corrected chi connectivity index (χ2v) is 13.8. The second-order valence-electron chi connectivity index (χ2n) is 11.5. The van der Waals surface area contributed by atoms with Gasteiger partial charge < -0.3 is 54.4 Å². The van der Waals surface area contributed by atoms with Crippen LogP contribution in [0.1, 0.15) is 40.1 Å². The average molecular weight is 755 g/mol. The lowest BCUT2D eigenvalue weighted by atomic mass is 10.0. The molecule has 0 aliphatic heterocycles. The van der Waals surface area contributed by atoms with Crippen molar-refractivity contribution in [2.75, 3.05) is 36.8 Å². The lowest BCUT2D eigenvalue weighted by Gasteiger charge is -2.16. The number of rotatable bonds is 23. The third-order valence-corrected chi connectivity index (χ3v) is 9.44. The molecule has 14 N–H and O–H groups in total. The van der Waals surface area contributed by atoms with Crippen molar-refractivity contribution in [1.29, 1.82) is 0 Å². The monoisotopic (exact) mass is 754 g/mol. The van der Waals surface area contributed by atoms with E-state index in [1.807, 2.05) is 0 Å². The smallest absolute Gasteiger partial charge is 0.240 e. The van der Waals surface area contributed by atoms with Crippen LogP contribution in [0.25, 0.3) is 0 Å². The summed E-state index contributed by atoms with van der Waals surface area (Å²) in [7, 11) is 0. The number of aromatic nitrogens is 2. The molecule has 0 unspecified atom stereocenters. The Bertz CT molecular complexity index is 1760. The summed E-state index contributed by atoms with van der Waals surface area (Å²) in [6.45, 7) is 4.62. The quantitative estimate of drug-likeness (QED) is 0.0370. The number of allylic oxidation sites excluding steroid dienone is 4. The molecule has 0 fully saturated rings. The molecule has 0 saturated carbocycles. The van der Waals surface area contributed by atoms with Crippen molar-refractivity contribution in [1.82, 2.24) is 20.6 Å². The number of aliphatic hydroxyl groups is 1. The number of phenols is 1. The van der Waals surface area contributed by atoms with Gasteiger partial charge in [0.15, 0.2) is 10.3 Å². The van der Waals surface area contributed by atoms with Crippen LogP contribution >= 0.6 is 22.7 Å². The number of aliphatic hydroxyl groups excluding tert-OH is 1. The number of nitrogens with zero attached hydrogens (tertiary/aromatic N) is 2. The fraction of sp³-hybridized carbons (Fsp3) is 0.353. The topological polar surface area (TPSA) is 287 Å². The Morgan fingerprint density at radius 3 is 2.10 bits per heavy atom. The van der Waals surface area contributed by atoms with E-state index in [4.69, 9.17) is 22.9 Å². The van der Waals surface area contributed by atoms with Gasteiger partial charge in [0.2, 0.25) is 23.6 Å². The number of phenolic OH excluding ortho intramolecular Hbond substituents is 1. The molecule has 0 aliphatic carbocycles. The molecule has 0 spiro atoms. The molecule has 0 saturated heterocycles. The van der Waals surface area contributed by atoms with Gasteiger partial charge in [-0.05, 0) is 48.1 Å². The van der Waals surface area contributed by atoms with Gasteiger partial charge in [-0.3, -0.25) is 19.2 Å². The van der Waals surface area contributed by atoms with E-state index in [-0.39, 0.29) is 37.4 Å². The van der Waals surface area contributed by atoms with Gasteiger partial charge in [0.05, 0.1) is 13.1 Å². The first-order valence-electron chi connectivity index (χ1n) is 16.4. The molecule has 16 nitrogen and oxygen atoms in total. The molecule has 52 heavy (non-hydrogen) atoms. The van der Waals surface area contributed by atoms with Gasteiger partial charge in [0, 0.05) is 54.5 Å². The number of primary amides is 2. The molecule has 3 rings (SSSR count). The van der Waals surface area contributed by atoms with Crippen molar-refractivity contribution in [2.24, 2.45) is 22.9 Å². The number of aromatic hydroxyl groups is 1. The van der Waals surface area contributed by atoms with Crippen LogP contribution < -0.4 is 44.2 Å². The number of hydrogen-bond donors (Lipinski definition) is 10. The molecule has 3 aromatic rings. The van der Waals surface area contributed by atoms with Gasteiger partial charge in [0.25, 0.3) is 0 Å². The Balaban J connectivity index is 1.43. The van der Waals surface area contributed by atoms with Crippen LogP contribution in [0, 0.1) is 0 Å². The van der Waals surface area contributed by atoms with Crippen molar-refractivity contribution in [2.45, 2.75) is 50.6 Å². The van der Waals surface area contributed by atoms with Crippen LogP contribution in [-0.4, -0.2) is 82.1 Å². The third kappa shape index (κ3) is 13.8. The zero-order valence-corrected chi connectivity index (χ0v) is 30.2. The standard InChI is InChI=1S/C34H46N10O6S2/c1-2-21(27(45)7-4-3-6-25(31(37)49)43-29(47)16-35)14-23-18-41-33(51-23)39-10-5-11-40-34-42-19-24(52-34)15-22-12-20(8-9-28(22)46)13-26(32(38)50)44-30(48)17-36/h2,4,7-9,12,18-19,25-26,45-46H,1,3,5-6,10-11,13-17,35-36H2,(H2,37,49)(H2,38,50)(H,39,41)(H,40,42)(H,43,47)(H,44,48)/b7-4-,27-21-/t25-,26-/m0/s1. The van der Waals surface area contributed by atoms with Crippen LogP contribution in [0.5, 0.6) is 5.75 Å². The maximum Gasteiger partial charge on any atom is 0.240 e. The predicted octanol–water partition coefficient (Wildman–Crippen LogP) is 1.09. The Labute approximate surface area is 309 Å². The molecular weight excluding hydrogens is 709 g/mol. The lowest BCUT2D eigenvalue weighted by Crippen LogP contribution is -2.47. The van der Waals surface area contributed by atoms with E-state index >= 15 is 0 Å². The van der Waals surface area contributed by atoms with Crippen molar-refractivity contribution in [3.63, 3.8) is 0 Å². The van der Waals surface area contributed by atoms with Crippen molar-refractivity contribution < 1.29 is 29.4 Å². The Hall–Kier alpha value is -5.30. The first-order chi connectivity index (χ1) is 24.9. The zero-order valence-electron chi connectivity index (χ0n) is 28.6. The number of carbonyl (C=O) groups is 4. The Morgan fingerprint density at radius 2 is 1.50 bits per heavy atom.